The molecule has 0 saturated heterocycles. The molecule has 0 bridgehead atoms. The van der Waals surface area contributed by atoms with E-state index >= 15 is 0 Å². The van der Waals surface area contributed by atoms with E-state index in [-0.39, 0.29) is 11.8 Å². The van der Waals surface area contributed by atoms with Crippen molar-refractivity contribution >= 4 is 0 Å². The topological polar surface area (TPSA) is 70.0 Å². The molecule has 0 aliphatic heterocycles. The molecule has 3 heteroatoms. The van der Waals surface area contributed by atoms with Crippen LogP contribution in [0, 0.1) is 11.3 Å². The van der Waals surface area contributed by atoms with Gasteiger partial charge in [-0.05, 0) is 31.0 Å². The van der Waals surface area contributed by atoms with E-state index in [9.17, 15) is 5.11 Å². The van der Waals surface area contributed by atoms with Crippen molar-refractivity contribution in [2.24, 2.45) is 5.73 Å². The average Bonchev–Trinajstić information content (AvgIpc) is 2.26. The standard InChI is InChI=1S/C12H14N2O/c1-2-3-4-11(14)10-7-9(8-13)5-6-12(10)15/h2,5-7,11,15H,1,3-4,14H2/t11-/m0/s1. The third kappa shape index (κ3) is 2.83. The zero-order chi connectivity index (χ0) is 11.3. The molecule has 1 aromatic rings. The van der Waals surface area contributed by atoms with Crippen molar-refractivity contribution in [3.8, 4) is 11.8 Å². The maximum atomic E-state index is 9.58. The number of benzene rings is 1. The summed E-state index contributed by atoms with van der Waals surface area (Å²) in [4.78, 5) is 0. The Morgan fingerprint density at radius 1 is 1.60 bits per heavy atom. The van der Waals surface area contributed by atoms with E-state index < -0.39 is 0 Å². The van der Waals surface area contributed by atoms with Crippen molar-refractivity contribution in [2.75, 3.05) is 0 Å². The van der Waals surface area contributed by atoms with Crippen LogP contribution in [0.4, 0.5) is 0 Å². The van der Waals surface area contributed by atoms with Gasteiger partial charge >= 0.3 is 0 Å². The monoisotopic (exact) mass is 202 g/mol. The molecule has 0 saturated carbocycles. The summed E-state index contributed by atoms with van der Waals surface area (Å²) < 4.78 is 0. The van der Waals surface area contributed by atoms with Crippen molar-refractivity contribution in [1.82, 2.24) is 0 Å². The van der Waals surface area contributed by atoms with Gasteiger partial charge < -0.3 is 10.8 Å². The first kappa shape index (κ1) is 11.3. The fourth-order valence-electron chi connectivity index (χ4n) is 1.37. The SMILES string of the molecule is C=CCC[C@H](N)c1cc(C#N)ccc1O. The number of rotatable bonds is 4. The van der Waals surface area contributed by atoms with Gasteiger partial charge in [0, 0.05) is 11.6 Å². The molecule has 1 rings (SSSR count). The summed E-state index contributed by atoms with van der Waals surface area (Å²) in [6.45, 7) is 3.61. The molecule has 0 spiro atoms. The second-order valence-electron chi connectivity index (χ2n) is 3.36. The Labute approximate surface area is 89.5 Å². The largest absolute Gasteiger partial charge is 0.508 e. The molecule has 1 atom stereocenters. The summed E-state index contributed by atoms with van der Waals surface area (Å²) in [6, 6.07) is 6.46. The lowest BCUT2D eigenvalue weighted by atomic mass is 10.00. The maximum absolute atomic E-state index is 9.58. The van der Waals surface area contributed by atoms with Gasteiger partial charge in [0.1, 0.15) is 5.75 Å². The quantitative estimate of drug-likeness (QED) is 0.735. The summed E-state index contributed by atoms with van der Waals surface area (Å²) in [6.07, 6.45) is 3.29. The zero-order valence-corrected chi connectivity index (χ0v) is 8.48. The number of phenols is 1. The molecule has 0 heterocycles. The van der Waals surface area contributed by atoms with E-state index in [2.05, 4.69) is 6.58 Å². The van der Waals surface area contributed by atoms with Gasteiger partial charge in [0.15, 0.2) is 0 Å². The molecular formula is C12H14N2O. The van der Waals surface area contributed by atoms with Crippen LogP contribution in [0.5, 0.6) is 5.75 Å². The van der Waals surface area contributed by atoms with Crippen LogP contribution in [0.25, 0.3) is 0 Å². The lowest BCUT2D eigenvalue weighted by molar-refractivity contribution is 0.459. The molecule has 0 aliphatic carbocycles. The highest BCUT2D eigenvalue weighted by Gasteiger charge is 2.10. The van der Waals surface area contributed by atoms with Crippen molar-refractivity contribution < 1.29 is 5.11 Å². The Morgan fingerprint density at radius 3 is 2.93 bits per heavy atom. The molecule has 0 unspecified atom stereocenters. The van der Waals surface area contributed by atoms with Crippen LogP contribution >= 0.6 is 0 Å². The Morgan fingerprint density at radius 2 is 2.33 bits per heavy atom. The number of nitriles is 1. The minimum Gasteiger partial charge on any atom is -0.508 e. The predicted molar refractivity (Wildman–Crippen MR) is 59.2 cm³/mol. The molecule has 1 aromatic carbocycles. The van der Waals surface area contributed by atoms with E-state index in [0.717, 1.165) is 6.42 Å². The number of phenolic OH excluding ortho intramolecular Hbond substituents is 1. The van der Waals surface area contributed by atoms with E-state index in [0.29, 0.717) is 17.5 Å². The van der Waals surface area contributed by atoms with Crippen LogP contribution in [-0.4, -0.2) is 5.11 Å². The Kier molecular flexibility index (Phi) is 3.90. The molecule has 15 heavy (non-hydrogen) atoms. The maximum Gasteiger partial charge on any atom is 0.120 e. The molecule has 0 fully saturated rings. The normalized spacial score (nSPS) is 11.7. The van der Waals surface area contributed by atoms with Crippen LogP contribution in [0.3, 0.4) is 0 Å². The number of hydrogen-bond acceptors (Lipinski definition) is 3. The summed E-state index contributed by atoms with van der Waals surface area (Å²) in [5, 5.41) is 18.3. The van der Waals surface area contributed by atoms with Crippen LogP contribution < -0.4 is 5.73 Å². The molecule has 3 N–H and O–H groups in total. The lowest BCUT2D eigenvalue weighted by Crippen LogP contribution is -2.10. The van der Waals surface area contributed by atoms with Gasteiger partial charge in [-0.15, -0.1) is 6.58 Å². The minimum atomic E-state index is -0.253. The number of hydrogen-bond donors (Lipinski definition) is 2. The van der Waals surface area contributed by atoms with Crippen molar-refractivity contribution in [1.29, 1.82) is 5.26 Å². The predicted octanol–water partition coefficient (Wildman–Crippen LogP) is 2.23. The van der Waals surface area contributed by atoms with Gasteiger partial charge in [-0.3, -0.25) is 0 Å². The number of nitrogens with zero attached hydrogens (tertiary/aromatic N) is 1. The third-order valence-corrected chi connectivity index (χ3v) is 2.24. The highest BCUT2D eigenvalue weighted by Crippen LogP contribution is 2.26. The second kappa shape index (κ2) is 5.18. The summed E-state index contributed by atoms with van der Waals surface area (Å²) in [7, 11) is 0. The molecule has 0 aromatic heterocycles. The molecule has 3 nitrogen and oxygen atoms in total. The molecule has 0 amide bonds. The molecule has 0 radical (unpaired) electrons. The van der Waals surface area contributed by atoms with Gasteiger partial charge in [-0.25, -0.2) is 0 Å². The average molecular weight is 202 g/mol. The lowest BCUT2D eigenvalue weighted by Gasteiger charge is -2.12. The summed E-state index contributed by atoms with van der Waals surface area (Å²) >= 11 is 0. The summed E-state index contributed by atoms with van der Waals surface area (Å²) in [5.74, 6) is 0.144. The Hall–Kier alpha value is -1.79. The van der Waals surface area contributed by atoms with Crippen LogP contribution in [0.2, 0.25) is 0 Å². The van der Waals surface area contributed by atoms with Gasteiger partial charge in [0.05, 0.1) is 11.6 Å². The van der Waals surface area contributed by atoms with Crippen molar-refractivity contribution in [2.45, 2.75) is 18.9 Å². The first-order valence-corrected chi connectivity index (χ1v) is 4.78. The third-order valence-electron chi connectivity index (χ3n) is 2.24. The van der Waals surface area contributed by atoms with Gasteiger partial charge in [0.2, 0.25) is 0 Å². The van der Waals surface area contributed by atoms with Crippen LogP contribution in [0.15, 0.2) is 30.9 Å². The smallest absolute Gasteiger partial charge is 0.120 e. The van der Waals surface area contributed by atoms with Crippen molar-refractivity contribution in [3.05, 3.63) is 42.0 Å². The van der Waals surface area contributed by atoms with Gasteiger partial charge in [-0.1, -0.05) is 6.08 Å². The van der Waals surface area contributed by atoms with Crippen LogP contribution in [-0.2, 0) is 0 Å². The summed E-state index contributed by atoms with van der Waals surface area (Å²) in [5.41, 5.74) is 7.02. The fraction of sp³-hybridized carbons (Fsp3) is 0.250. The molecule has 0 aliphatic rings. The highest BCUT2D eigenvalue weighted by atomic mass is 16.3. The van der Waals surface area contributed by atoms with E-state index in [1.165, 1.54) is 6.07 Å². The number of allylic oxidation sites excluding steroid dienone is 1. The van der Waals surface area contributed by atoms with Gasteiger partial charge in [0.25, 0.3) is 0 Å². The van der Waals surface area contributed by atoms with Crippen molar-refractivity contribution in [3.63, 3.8) is 0 Å². The van der Waals surface area contributed by atoms with Gasteiger partial charge in [-0.2, -0.15) is 5.26 Å². The Balaban J connectivity index is 2.91. The van der Waals surface area contributed by atoms with Crippen LogP contribution in [0.1, 0.15) is 30.0 Å². The fourth-order valence-corrected chi connectivity index (χ4v) is 1.37. The zero-order valence-electron chi connectivity index (χ0n) is 8.48. The first-order chi connectivity index (χ1) is 7.19. The number of aromatic hydroxyl groups is 1. The Bertz CT molecular complexity index is 393. The molecular weight excluding hydrogens is 188 g/mol. The van der Waals surface area contributed by atoms with E-state index in [1.54, 1.807) is 18.2 Å². The van der Waals surface area contributed by atoms with E-state index in [4.69, 9.17) is 11.0 Å². The molecule has 78 valence electrons. The highest BCUT2D eigenvalue weighted by molar-refractivity contribution is 5.42. The first-order valence-electron chi connectivity index (χ1n) is 4.78. The van der Waals surface area contributed by atoms with E-state index in [1.807, 2.05) is 6.07 Å². The number of nitrogens with two attached hydrogens (primary N) is 1. The second-order valence-corrected chi connectivity index (χ2v) is 3.36. The minimum absolute atomic E-state index is 0.144.